The Kier molecular flexibility index (Phi) is 4.79. The molecular weight excluding hydrogens is 293 g/mol. The zero-order valence-electron chi connectivity index (χ0n) is 11.1. The topological polar surface area (TPSA) is 3.24 Å². The molecule has 1 aliphatic rings. The van der Waals surface area contributed by atoms with Crippen LogP contribution in [0, 0.1) is 11.7 Å². The van der Waals surface area contributed by atoms with Crippen molar-refractivity contribution in [1.82, 2.24) is 4.90 Å². The Balaban J connectivity index is 2.02. The largest absolute Gasteiger partial charge is 0.299 e. The molecule has 0 N–H and O–H groups in total. The normalized spacial score (nSPS) is 24.5. The predicted octanol–water partition coefficient (Wildman–Crippen LogP) is 4.60. The van der Waals surface area contributed by atoms with Gasteiger partial charge in [-0.3, -0.25) is 4.90 Å². The molecule has 0 heterocycles. The molecule has 0 spiro atoms. The zero-order chi connectivity index (χ0) is 13.1. The van der Waals surface area contributed by atoms with Crippen molar-refractivity contribution in [3.05, 3.63) is 34.1 Å². The lowest BCUT2D eigenvalue weighted by Crippen LogP contribution is -2.35. The van der Waals surface area contributed by atoms with Crippen LogP contribution in [0.4, 0.5) is 4.39 Å². The van der Waals surface area contributed by atoms with Crippen molar-refractivity contribution in [2.24, 2.45) is 5.92 Å². The van der Waals surface area contributed by atoms with Crippen LogP contribution in [0.2, 0.25) is 0 Å². The van der Waals surface area contributed by atoms with Crippen molar-refractivity contribution in [3.8, 4) is 0 Å². The first-order chi connectivity index (χ1) is 8.58. The summed E-state index contributed by atoms with van der Waals surface area (Å²) in [5, 5.41) is 0. The van der Waals surface area contributed by atoms with E-state index in [2.05, 4.69) is 34.8 Å². The van der Waals surface area contributed by atoms with E-state index in [1.807, 2.05) is 6.07 Å². The van der Waals surface area contributed by atoms with E-state index in [0.717, 1.165) is 18.0 Å². The predicted molar refractivity (Wildman–Crippen MR) is 77.0 cm³/mol. The summed E-state index contributed by atoms with van der Waals surface area (Å²) in [5.74, 6) is 0.653. The van der Waals surface area contributed by atoms with E-state index < -0.39 is 0 Å². The average Bonchev–Trinajstić information content (AvgIpc) is 2.35. The number of benzene rings is 1. The van der Waals surface area contributed by atoms with Crippen LogP contribution >= 0.6 is 15.9 Å². The van der Waals surface area contributed by atoms with E-state index in [1.54, 1.807) is 6.07 Å². The minimum Gasteiger partial charge on any atom is -0.299 e. The van der Waals surface area contributed by atoms with Crippen LogP contribution in [0.15, 0.2) is 22.7 Å². The highest BCUT2D eigenvalue weighted by atomic mass is 79.9. The van der Waals surface area contributed by atoms with E-state index in [4.69, 9.17) is 0 Å². The van der Waals surface area contributed by atoms with Gasteiger partial charge in [0.2, 0.25) is 0 Å². The summed E-state index contributed by atoms with van der Waals surface area (Å²) in [6, 6.07) is 5.92. The summed E-state index contributed by atoms with van der Waals surface area (Å²) < 4.78 is 14.1. The Bertz CT molecular complexity index is 407. The molecule has 1 nitrogen and oxygen atoms in total. The molecule has 1 saturated carbocycles. The fourth-order valence-corrected chi connectivity index (χ4v) is 3.26. The first kappa shape index (κ1) is 14.0. The fourth-order valence-electron chi connectivity index (χ4n) is 2.87. The summed E-state index contributed by atoms with van der Waals surface area (Å²) in [6.07, 6.45) is 5.21. The van der Waals surface area contributed by atoms with E-state index in [-0.39, 0.29) is 5.82 Å². The molecule has 3 heteroatoms. The maximum Gasteiger partial charge on any atom is 0.137 e. The average molecular weight is 314 g/mol. The number of rotatable bonds is 3. The van der Waals surface area contributed by atoms with Gasteiger partial charge in [-0.1, -0.05) is 31.9 Å². The molecule has 0 bridgehead atoms. The second-order valence-electron chi connectivity index (χ2n) is 5.55. The number of hydrogen-bond donors (Lipinski definition) is 0. The minimum atomic E-state index is -0.169. The third kappa shape index (κ3) is 3.33. The molecular formula is C15H21BrFN. The Morgan fingerprint density at radius 1 is 1.39 bits per heavy atom. The molecule has 1 aromatic carbocycles. The third-order valence-electron chi connectivity index (χ3n) is 3.98. The second-order valence-corrected chi connectivity index (χ2v) is 6.35. The van der Waals surface area contributed by atoms with Crippen molar-refractivity contribution in [2.75, 3.05) is 7.05 Å². The monoisotopic (exact) mass is 313 g/mol. The molecule has 2 unspecified atom stereocenters. The first-order valence-electron chi connectivity index (χ1n) is 6.71. The lowest BCUT2D eigenvalue weighted by atomic mass is 9.86. The van der Waals surface area contributed by atoms with E-state index in [0.29, 0.717) is 10.5 Å². The van der Waals surface area contributed by atoms with Gasteiger partial charge in [-0.15, -0.1) is 0 Å². The van der Waals surface area contributed by atoms with Gasteiger partial charge in [-0.05, 0) is 53.4 Å². The second kappa shape index (κ2) is 6.16. The van der Waals surface area contributed by atoms with Crippen molar-refractivity contribution >= 4 is 15.9 Å². The Morgan fingerprint density at radius 2 is 2.17 bits per heavy atom. The lowest BCUT2D eigenvalue weighted by Gasteiger charge is -2.34. The SMILES string of the molecule is CC1CCCC(N(C)Cc2cccc(F)c2Br)C1. The molecule has 18 heavy (non-hydrogen) atoms. The van der Waals surface area contributed by atoms with Crippen LogP contribution < -0.4 is 0 Å². The lowest BCUT2D eigenvalue weighted by molar-refractivity contribution is 0.157. The molecule has 0 amide bonds. The summed E-state index contributed by atoms with van der Waals surface area (Å²) in [7, 11) is 2.15. The maximum absolute atomic E-state index is 13.5. The van der Waals surface area contributed by atoms with Gasteiger partial charge >= 0.3 is 0 Å². The van der Waals surface area contributed by atoms with Crippen molar-refractivity contribution < 1.29 is 4.39 Å². The van der Waals surface area contributed by atoms with Crippen LogP contribution in [0.1, 0.15) is 38.2 Å². The van der Waals surface area contributed by atoms with Gasteiger partial charge in [-0.25, -0.2) is 4.39 Å². The Morgan fingerprint density at radius 3 is 2.89 bits per heavy atom. The Labute approximate surface area is 118 Å². The highest BCUT2D eigenvalue weighted by molar-refractivity contribution is 9.10. The van der Waals surface area contributed by atoms with Gasteiger partial charge < -0.3 is 0 Å². The van der Waals surface area contributed by atoms with Crippen LogP contribution in [-0.4, -0.2) is 18.0 Å². The molecule has 0 radical (unpaired) electrons. The molecule has 0 aromatic heterocycles. The van der Waals surface area contributed by atoms with Gasteiger partial charge in [0.05, 0.1) is 4.47 Å². The summed E-state index contributed by atoms with van der Waals surface area (Å²) in [5.41, 5.74) is 1.04. The fraction of sp³-hybridized carbons (Fsp3) is 0.600. The van der Waals surface area contributed by atoms with E-state index in [9.17, 15) is 4.39 Å². The molecule has 1 fully saturated rings. The summed E-state index contributed by atoms with van der Waals surface area (Å²) in [6.45, 7) is 3.15. The maximum atomic E-state index is 13.5. The summed E-state index contributed by atoms with van der Waals surface area (Å²) >= 11 is 3.34. The van der Waals surface area contributed by atoms with Crippen LogP contribution in [0.3, 0.4) is 0 Å². The molecule has 0 aliphatic heterocycles. The van der Waals surface area contributed by atoms with Crippen molar-refractivity contribution in [1.29, 1.82) is 0 Å². The Hall–Kier alpha value is -0.410. The highest BCUT2D eigenvalue weighted by Gasteiger charge is 2.22. The summed E-state index contributed by atoms with van der Waals surface area (Å²) in [4.78, 5) is 2.37. The van der Waals surface area contributed by atoms with Gasteiger partial charge in [-0.2, -0.15) is 0 Å². The van der Waals surface area contributed by atoms with Crippen molar-refractivity contribution in [2.45, 2.75) is 45.2 Å². The standard InChI is InChI=1S/C15H21BrFN/c1-11-5-3-7-13(9-11)18(2)10-12-6-4-8-14(17)15(12)16/h4,6,8,11,13H,3,5,7,9-10H2,1-2H3. The molecule has 2 atom stereocenters. The molecule has 1 aliphatic carbocycles. The number of halogens is 2. The highest BCUT2D eigenvalue weighted by Crippen LogP contribution is 2.29. The van der Waals surface area contributed by atoms with Gasteiger partial charge in [0.1, 0.15) is 5.82 Å². The molecule has 1 aromatic rings. The van der Waals surface area contributed by atoms with E-state index >= 15 is 0 Å². The van der Waals surface area contributed by atoms with Gasteiger partial charge in [0.25, 0.3) is 0 Å². The van der Waals surface area contributed by atoms with Crippen LogP contribution in [0.25, 0.3) is 0 Å². The van der Waals surface area contributed by atoms with Crippen molar-refractivity contribution in [3.63, 3.8) is 0 Å². The quantitative estimate of drug-likeness (QED) is 0.788. The smallest absolute Gasteiger partial charge is 0.137 e. The third-order valence-corrected chi connectivity index (χ3v) is 4.87. The van der Waals surface area contributed by atoms with Crippen LogP contribution in [0.5, 0.6) is 0 Å². The zero-order valence-corrected chi connectivity index (χ0v) is 12.7. The molecule has 2 rings (SSSR count). The molecule has 0 saturated heterocycles. The first-order valence-corrected chi connectivity index (χ1v) is 7.50. The molecule has 100 valence electrons. The van der Waals surface area contributed by atoms with Gasteiger partial charge in [0, 0.05) is 12.6 Å². The number of hydrogen-bond acceptors (Lipinski definition) is 1. The van der Waals surface area contributed by atoms with Crippen LogP contribution in [-0.2, 0) is 6.54 Å². The minimum absolute atomic E-state index is 0.169. The van der Waals surface area contributed by atoms with Gasteiger partial charge in [0.15, 0.2) is 0 Å². The number of nitrogens with zero attached hydrogens (tertiary/aromatic N) is 1. The van der Waals surface area contributed by atoms with E-state index in [1.165, 1.54) is 31.7 Å².